The van der Waals surface area contributed by atoms with E-state index in [9.17, 15) is 4.79 Å². The fraction of sp³-hybridized carbons (Fsp3) is 0. The molecule has 2 N–H and O–H groups in total. The number of carbonyl (C=O) groups is 1. The van der Waals surface area contributed by atoms with Crippen LogP contribution < -0.4 is 5.32 Å². The summed E-state index contributed by atoms with van der Waals surface area (Å²) in [7, 11) is 0. The summed E-state index contributed by atoms with van der Waals surface area (Å²) in [5.74, 6) is 1.16. The molecule has 4 aromatic heterocycles. The molecule has 0 spiro atoms. The number of anilines is 2. The van der Waals surface area contributed by atoms with E-state index in [0.717, 1.165) is 33.2 Å². The number of hydrogen-bond acceptors (Lipinski definition) is 6. The molecule has 0 fully saturated rings. The van der Waals surface area contributed by atoms with Crippen LogP contribution in [0.15, 0.2) is 104 Å². The van der Waals surface area contributed by atoms with Crippen molar-refractivity contribution in [3.8, 4) is 22.5 Å². The molecule has 2 aromatic carbocycles. The Hall–Kier alpha value is -5.11. The summed E-state index contributed by atoms with van der Waals surface area (Å²) in [5.41, 5.74) is 4.43. The van der Waals surface area contributed by atoms with Gasteiger partial charge in [0.1, 0.15) is 5.82 Å². The van der Waals surface area contributed by atoms with E-state index < -0.39 is 0 Å². The number of hydrogen-bond donors (Lipinski definition) is 2. The number of carbonyl (C=O) groups excluding carboxylic acids is 1. The molecular formula is C27H19N7O. The van der Waals surface area contributed by atoms with Crippen LogP contribution >= 0.6 is 0 Å². The minimum atomic E-state index is -0.128. The highest BCUT2D eigenvalue weighted by Gasteiger charge is 2.11. The summed E-state index contributed by atoms with van der Waals surface area (Å²) in [6.45, 7) is 0. The molecule has 0 saturated heterocycles. The maximum Gasteiger partial charge on any atom is 0.263 e. The minimum Gasteiger partial charge on any atom is -0.340 e. The molecule has 4 heterocycles. The molecule has 0 radical (unpaired) electrons. The van der Waals surface area contributed by atoms with E-state index in [2.05, 4.69) is 30.5 Å². The Labute approximate surface area is 200 Å². The highest BCUT2D eigenvalue weighted by atomic mass is 16.2. The topological polar surface area (TPSA) is 101 Å². The van der Waals surface area contributed by atoms with Gasteiger partial charge in [-0.25, -0.2) is 9.97 Å². The van der Waals surface area contributed by atoms with Crippen molar-refractivity contribution in [1.29, 1.82) is 0 Å². The molecule has 0 bridgehead atoms. The lowest BCUT2D eigenvalue weighted by Gasteiger charge is -2.08. The summed E-state index contributed by atoms with van der Waals surface area (Å²) in [5, 5.41) is 12.0. The van der Waals surface area contributed by atoms with Crippen molar-refractivity contribution in [3.05, 3.63) is 110 Å². The third-order valence-electron chi connectivity index (χ3n) is 5.69. The first-order valence-electron chi connectivity index (χ1n) is 11.0. The predicted octanol–water partition coefficient (Wildman–Crippen LogP) is 5.32. The van der Waals surface area contributed by atoms with E-state index in [1.165, 1.54) is 0 Å². The van der Waals surface area contributed by atoms with Gasteiger partial charge in [-0.15, -0.1) is 0 Å². The first kappa shape index (κ1) is 20.5. The number of pyridine rings is 1. The Bertz CT molecular complexity index is 1620. The van der Waals surface area contributed by atoms with Crippen LogP contribution in [0.1, 0.15) is 10.4 Å². The van der Waals surface area contributed by atoms with Gasteiger partial charge in [0.15, 0.2) is 5.82 Å². The summed E-state index contributed by atoms with van der Waals surface area (Å²) in [4.78, 5) is 25.9. The monoisotopic (exact) mass is 457 g/mol. The summed E-state index contributed by atoms with van der Waals surface area (Å²) in [6.07, 6.45) is 12.2. The van der Waals surface area contributed by atoms with Gasteiger partial charge in [-0.05, 0) is 47.3 Å². The van der Waals surface area contributed by atoms with Gasteiger partial charge in [-0.1, -0.05) is 24.3 Å². The highest BCUT2D eigenvalue weighted by Crippen LogP contribution is 2.26. The molecule has 168 valence electrons. The van der Waals surface area contributed by atoms with Gasteiger partial charge in [-0.2, -0.15) is 5.10 Å². The predicted molar refractivity (Wildman–Crippen MR) is 134 cm³/mol. The van der Waals surface area contributed by atoms with Gasteiger partial charge < -0.3 is 5.32 Å². The number of aromatic amines is 1. The smallest absolute Gasteiger partial charge is 0.263 e. The zero-order chi connectivity index (χ0) is 23.6. The lowest BCUT2D eigenvalue weighted by atomic mass is 10.1. The van der Waals surface area contributed by atoms with Crippen LogP contribution in [0.4, 0.5) is 11.5 Å². The van der Waals surface area contributed by atoms with Crippen LogP contribution in [0, 0.1) is 0 Å². The molecule has 0 saturated carbocycles. The molecule has 0 aliphatic heterocycles. The quantitative estimate of drug-likeness (QED) is 0.364. The van der Waals surface area contributed by atoms with E-state index in [1.807, 2.05) is 67.1 Å². The molecule has 35 heavy (non-hydrogen) atoms. The number of nitrogens with one attached hydrogen (secondary N) is 2. The standard InChI is InChI=1S/C27H19N7O/c35-27(20-2-1-10-28-13-20)34-16-21-4-3-19(12-22(21)17-34)26-29-11-9-25(33-26)32-24-7-5-18(6-8-24)23-14-30-31-15-23/h1-17H,(H,30,31)(H,29,32,33). The fourth-order valence-electron chi connectivity index (χ4n) is 3.91. The van der Waals surface area contributed by atoms with Crippen molar-refractivity contribution < 1.29 is 4.79 Å². The van der Waals surface area contributed by atoms with Crippen LogP contribution in [0.2, 0.25) is 0 Å². The van der Waals surface area contributed by atoms with Crippen molar-refractivity contribution >= 4 is 28.2 Å². The van der Waals surface area contributed by atoms with Crippen molar-refractivity contribution in [1.82, 2.24) is 29.7 Å². The van der Waals surface area contributed by atoms with Crippen LogP contribution in [-0.2, 0) is 0 Å². The molecule has 6 rings (SSSR count). The molecule has 8 nitrogen and oxygen atoms in total. The van der Waals surface area contributed by atoms with E-state index in [0.29, 0.717) is 17.2 Å². The van der Waals surface area contributed by atoms with Crippen molar-refractivity contribution in [3.63, 3.8) is 0 Å². The van der Waals surface area contributed by atoms with Crippen LogP contribution in [0.25, 0.3) is 33.3 Å². The van der Waals surface area contributed by atoms with Crippen LogP contribution in [0.3, 0.4) is 0 Å². The van der Waals surface area contributed by atoms with E-state index >= 15 is 0 Å². The zero-order valence-electron chi connectivity index (χ0n) is 18.5. The number of benzene rings is 2. The third-order valence-corrected chi connectivity index (χ3v) is 5.69. The van der Waals surface area contributed by atoms with Gasteiger partial charge >= 0.3 is 0 Å². The molecule has 8 heteroatoms. The Kier molecular flexibility index (Phi) is 5.08. The van der Waals surface area contributed by atoms with Gasteiger partial charge in [-0.3, -0.25) is 19.4 Å². The molecule has 0 aliphatic rings. The lowest BCUT2D eigenvalue weighted by Crippen LogP contribution is -2.09. The largest absolute Gasteiger partial charge is 0.340 e. The Morgan fingerprint density at radius 3 is 2.51 bits per heavy atom. The number of rotatable bonds is 5. The van der Waals surface area contributed by atoms with E-state index in [1.54, 1.807) is 41.5 Å². The number of H-pyrrole nitrogens is 1. The average molecular weight is 457 g/mol. The fourth-order valence-corrected chi connectivity index (χ4v) is 3.91. The Morgan fingerprint density at radius 1 is 0.857 bits per heavy atom. The van der Waals surface area contributed by atoms with Gasteiger partial charge in [0.05, 0.1) is 11.8 Å². The Morgan fingerprint density at radius 2 is 1.71 bits per heavy atom. The first-order valence-corrected chi connectivity index (χ1v) is 11.0. The maximum absolute atomic E-state index is 12.8. The van der Waals surface area contributed by atoms with Crippen molar-refractivity contribution in [2.75, 3.05) is 5.32 Å². The zero-order valence-corrected chi connectivity index (χ0v) is 18.5. The number of nitrogens with zero attached hydrogens (tertiary/aromatic N) is 5. The summed E-state index contributed by atoms with van der Waals surface area (Å²) in [6, 6.07) is 19.3. The Balaban J connectivity index is 1.24. The molecular weight excluding hydrogens is 438 g/mol. The first-order chi connectivity index (χ1) is 17.2. The SMILES string of the molecule is O=C(c1cccnc1)n1cc2ccc(-c3nccc(Nc4ccc(-c5cn[nH]c5)cc4)n3)cc2c1. The molecule has 0 unspecified atom stereocenters. The van der Waals surface area contributed by atoms with Crippen LogP contribution in [-0.4, -0.2) is 35.6 Å². The maximum atomic E-state index is 12.8. The molecule has 0 atom stereocenters. The van der Waals surface area contributed by atoms with Gasteiger partial charge in [0.2, 0.25) is 0 Å². The summed E-state index contributed by atoms with van der Waals surface area (Å²) >= 11 is 0. The molecule has 6 aromatic rings. The van der Waals surface area contributed by atoms with Gasteiger partial charge in [0, 0.05) is 59.4 Å². The minimum absolute atomic E-state index is 0.128. The molecule has 0 amide bonds. The molecule has 0 aliphatic carbocycles. The van der Waals surface area contributed by atoms with E-state index in [4.69, 9.17) is 0 Å². The van der Waals surface area contributed by atoms with Crippen molar-refractivity contribution in [2.45, 2.75) is 0 Å². The second-order valence-corrected chi connectivity index (χ2v) is 8.01. The normalized spacial score (nSPS) is 11.0. The number of aromatic nitrogens is 6. The third kappa shape index (κ3) is 4.16. The van der Waals surface area contributed by atoms with Crippen LogP contribution in [0.5, 0.6) is 0 Å². The van der Waals surface area contributed by atoms with Gasteiger partial charge in [0.25, 0.3) is 5.91 Å². The van der Waals surface area contributed by atoms with E-state index in [-0.39, 0.29) is 5.91 Å². The lowest BCUT2D eigenvalue weighted by molar-refractivity contribution is 0.0960. The second-order valence-electron chi connectivity index (χ2n) is 8.01. The van der Waals surface area contributed by atoms with Crippen molar-refractivity contribution in [2.24, 2.45) is 0 Å². The average Bonchev–Trinajstić information content (AvgIpc) is 3.59. The number of fused-ring (bicyclic) bond motifs is 1. The second kappa shape index (κ2) is 8.68. The highest BCUT2D eigenvalue weighted by molar-refractivity contribution is 5.99. The summed E-state index contributed by atoms with van der Waals surface area (Å²) < 4.78 is 1.58.